The van der Waals surface area contributed by atoms with Crippen LogP contribution in [-0.4, -0.2) is 46.8 Å². The van der Waals surface area contributed by atoms with Crippen molar-refractivity contribution in [3.63, 3.8) is 0 Å². The van der Waals surface area contributed by atoms with Crippen molar-refractivity contribution < 1.29 is 14.6 Å². The quantitative estimate of drug-likeness (QED) is 0.798. The van der Waals surface area contributed by atoms with Gasteiger partial charge in [0.05, 0.1) is 12.7 Å². The summed E-state index contributed by atoms with van der Waals surface area (Å²) in [5.41, 5.74) is 0.669. The fourth-order valence-corrected chi connectivity index (χ4v) is 1.75. The first-order chi connectivity index (χ1) is 8.65. The normalized spacial score (nSPS) is 20.3. The maximum absolute atomic E-state index is 10.4. The van der Waals surface area contributed by atoms with Crippen LogP contribution in [0.5, 0.6) is 0 Å². The van der Waals surface area contributed by atoms with E-state index >= 15 is 0 Å². The van der Waals surface area contributed by atoms with Gasteiger partial charge in [-0.25, -0.2) is 14.8 Å². The van der Waals surface area contributed by atoms with E-state index in [0.29, 0.717) is 18.1 Å². The lowest BCUT2D eigenvalue weighted by molar-refractivity contribution is -0.131. The topological polar surface area (TPSA) is 75.6 Å². The minimum atomic E-state index is -0.985. The van der Waals surface area contributed by atoms with E-state index in [-0.39, 0.29) is 6.10 Å². The Morgan fingerprint density at radius 1 is 1.56 bits per heavy atom. The summed E-state index contributed by atoms with van der Waals surface area (Å²) in [5, 5.41) is 8.51. The van der Waals surface area contributed by atoms with Gasteiger partial charge in [0.2, 0.25) is 5.95 Å². The molecule has 18 heavy (non-hydrogen) atoms. The zero-order valence-electron chi connectivity index (χ0n) is 10.1. The third-order valence-electron chi connectivity index (χ3n) is 2.60. The molecular weight excluding hydrogens is 234 g/mol. The average molecular weight is 249 g/mol. The van der Waals surface area contributed by atoms with E-state index in [1.54, 1.807) is 12.4 Å². The van der Waals surface area contributed by atoms with Crippen LogP contribution in [0.3, 0.4) is 0 Å². The van der Waals surface area contributed by atoms with Crippen LogP contribution < -0.4 is 4.90 Å². The van der Waals surface area contributed by atoms with Gasteiger partial charge in [-0.3, -0.25) is 0 Å². The van der Waals surface area contributed by atoms with Crippen LogP contribution in [0.1, 0.15) is 12.5 Å². The van der Waals surface area contributed by atoms with Crippen molar-refractivity contribution in [2.45, 2.75) is 13.0 Å². The van der Waals surface area contributed by atoms with Crippen molar-refractivity contribution >= 4 is 18.0 Å². The predicted octanol–water partition coefficient (Wildman–Crippen LogP) is 0.799. The van der Waals surface area contributed by atoms with Crippen molar-refractivity contribution in [2.24, 2.45) is 0 Å². The highest BCUT2D eigenvalue weighted by molar-refractivity contribution is 5.85. The summed E-state index contributed by atoms with van der Waals surface area (Å²) in [7, 11) is 0. The summed E-state index contributed by atoms with van der Waals surface area (Å²) in [6.07, 6.45) is 5.93. The van der Waals surface area contributed by atoms with Crippen LogP contribution in [0.4, 0.5) is 5.95 Å². The number of aromatic nitrogens is 2. The van der Waals surface area contributed by atoms with Gasteiger partial charge in [0.15, 0.2) is 0 Å². The second kappa shape index (κ2) is 5.59. The van der Waals surface area contributed by atoms with Crippen molar-refractivity contribution in [1.82, 2.24) is 9.97 Å². The molecule has 2 heterocycles. The number of carboxylic acid groups (broad SMARTS) is 1. The molecule has 96 valence electrons. The molecular formula is C12H15N3O3. The van der Waals surface area contributed by atoms with Gasteiger partial charge in [0, 0.05) is 37.1 Å². The molecule has 0 aromatic carbocycles. The van der Waals surface area contributed by atoms with Crippen molar-refractivity contribution in [3.8, 4) is 0 Å². The SMILES string of the molecule is CC1CN(c2ncc(/C=C/C(=O)O)cn2)CCO1. The molecule has 6 nitrogen and oxygen atoms in total. The van der Waals surface area contributed by atoms with Gasteiger partial charge in [-0.1, -0.05) is 0 Å². The first-order valence-corrected chi connectivity index (χ1v) is 5.75. The van der Waals surface area contributed by atoms with Gasteiger partial charge >= 0.3 is 5.97 Å². The van der Waals surface area contributed by atoms with Crippen LogP contribution in [0, 0.1) is 0 Å². The molecule has 1 aliphatic heterocycles. The largest absolute Gasteiger partial charge is 0.478 e. The molecule has 1 N–H and O–H groups in total. The van der Waals surface area contributed by atoms with Gasteiger partial charge in [0.1, 0.15) is 0 Å². The number of anilines is 1. The number of hydrogen-bond acceptors (Lipinski definition) is 5. The van der Waals surface area contributed by atoms with E-state index in [2.05, 4.69) is 14.9 Å². The van der Waals surface area contributed by atoms with Crippen LogP contribution in [0.15, 0.2) is 18.5 Å². The molecule has 1 fully saturated rings. The number of carboxylic acids is 1. The van der Waals surface area contributed by atoms with E-state index in [9.17, 15) is 4.79 Å². The van der Waals surface area contributed by atoms with Crippen molar-refractivity contribution in [1.29, 1.82) is 0 Å². The maximum Gasteiger partial charge on any atom is 0.328 e. The molecule has 0 spiro atoms. The summed E-state index contributed by atoms with van der Waals surface area (Å²) in [6, 6.07) is 0. The molecule has 0 saturated carbocycles. The minimum absolute atomic E-state index is 0.175. The minimum Gasteiger partial charge on any atom is -0.478 e. The van der Waals surface area contributed by atoms with Gasteiger partial charge in [-0.2, -0.15) is 0 Å². The van der Waals surface area contributed by atoms with Crippen LogP contribution >= 0.6 is 0 Å². The lowest BCUT2D eigenvalue weighted by Crippen LogP contribution is -2.41. The lowest BCUT2D eigenvalue weighted by atomic mass is 10.3. The van der Waals surface area contributed by atoms with Crippen molar-refractivity contribution in [3.05, 3.63) is 24.0 Å². The highest BCUT2D eigenvalue weighted by Crippen LogP contribution is 2.12. The first-order valence-electron chi connectivity index (χ1n) is 5.75. The molecule has 0 bridgehead atoms. The molecule has 1 atom stereocenters. The molecule has 1 saturated heterocycles. The van der Waals surface area contributed by atoms with Crippen LogP contribution in [0.2, 0.25) is 0 Å². The zero-order valence-corrected chi connectivity index (χ0v) is 10.1. The van der Waals surface area contributed by atoms with Gasteiger partial charge in [0.25, 0.3) is 0 Å². The Morgan fingerprint density at radius 3 is 2.89 bits per heavy atom. The van der Waals surface area contributed by atoms with E-state index in [4.69, 9.17) is 9.84 Å². The number of hydrogen-bond donors (Lipinski definition) is 1. The number of nitrogens with zero attached hydrogens (tertiary/aromatic N) is 3. The molecule has 0 radical (unpaired) electrons. The summed E-state index contributed by atoms with van der Waals surface area (Å²) < 4.78 is 5.44. The van der Waals surface area contributed by atoms with Crippen molar-refractivity contribution in [2.75, 3.05) is 24.6 Å². The maximum atomic E-state index is 10.4. The Balaban J connectivity index is 2.05. The van der Waals surface area contributed by atoms with E-state index in [0.717, 1.165) is 19.2 Å². The Labute approximate surface area is 105 Å². The van der Waals surface area contributed by atoms with Gasteiger partial charge in [-0.15, -0.1) is 0 Å². The van der Waals surface area contributed by atoms with Crippen LogP contribution in [0.25, 0.3) is 6.08 Å². The third kappa shape index (κ3) is 3.27. The molecule has 6 heteroatoms. The smallest absolute Gasteiger partial charge is 0.328 e. The number of ether oxygens (including phenoxy) is 1. The molecule has 0 amide bonds. The molecule has 1 unspecified atom stereocenters. The predicted molar refractivity (Wildman–Crippen MR) is 66.3 cm³/mol. The molecule has 1 aromatic heterocycles. The summed E-state index contributed by atoms with van der Waals surface area (Å²) in [4.78, 5) is 20.9. The number of aliphatic carboxylic acids is 1. The zero-order chi connectivity index (χ0) is 13.0. The Hall–Kier alpha value is -1.95. The summed E-state index contributed by atoms with van der Waals surface area (Å²) in [6.45, 7) is 4.22. The number of rotatable bonds is 3. The molecule has 0 aliphatic carbocycles. The van der Waals surface area contributed by atoms with Gasteiger partial charge in [-0.05, 0) is 13.0 Å². The standard InChI is InChI=1S/C12H15N3O3/c1-9-8-15(4-5-18-9)12-13-6-10(7-14-12)2-3-11(16)17/h2-3,6-7,9H,4-5,8H2,1H3,(H,16,17)/b3-2+. The monoisotopic (exact) mass is 249 g/mol. The van der Waals surface area contributed by atoms with Gasteiger partial charge < -0.3 is 14.7 Å². The van der Waals surface area contributed by atoms with E-state index in [1.165, 1.54) is 6.08 Å². The second-order valence-electron chi connectivity index (χ2n) is 4.12. The molecule has 1 aromatic rings. The average Bonchev–Trinajstić information content (AvgIpc) is 2.37. The fourth-order valence-electron chi connectivity index (χ4n) is 1.75. The van der Waals surface area contributed by atoms with E-state index in [1.807, 2.05) is 6.92 Å². The molecule has 1 aliphatic rings. The summed E-state index contributed by atoms with van der Waals surface area (Å²) in [5.74, 6) is -0.335. The fraction of sp³-hybridized carbons (Fsp3) is 0.417. The number of morpholine rings is 1. The number of carbonyl (C=O) groups is 1. The first kappa shape index (κ1) is 12.5. The highest BCUT2D eigenvalue weighted by atomic mass is 16.5. The Kier molecular flexibility index (Phi) is 3.88. The third-order valence-corrected chi connectivity index (χ3v) is 2.60. The lowest BCUT2D eigenvalue weighted by Gasteiger charge is -2.30. The van der Waals surface area contributed by atoms with Crippen LogP contribution in [-0.2, 0) is 9.53 Å². The highest BCUT2D eigenvalue weighted by Gasteiger charge is 2.18. The van der Waals surface area contributed by atoms with E-state index < -0.39 is 5.97 Å². The molecule has 2 rings (SSSR count). The Morgan fingerprint density at radius 2 is 2.28 bits per heavy atom. The Bertz CT molecular complexity index is 444. The second-order valence-corrected chi connectivity index (χ2v) is 4.12. The summed E-state index contributed by atoms with van der Waals surface area (Å²) >= 11 is 0.